The Kier molecular flexibility index (Phi) is 4.28. The first-order valence-corrected chi connectivity index (χ1v) is 8.48. The molecular weight excluding hydrogens is 302 g/mol. The number of hydrogen-bond donors (Lipinski definition) is 2. The van der Waals surface area contributed by atoms with E-state index in [0.717, 1.165) is 30.8 Å². The molecule has 2 aromatic rings. The predicted octanol–water partition coefficient (Wildman–Crippen LogP) is 2.71. The number of nitrogens with zero attached hydrogens (tertiary/aromatic N) is 1. The second-order valence-electron chi connectivity index (χ2n) is 5.17. The first-order chi connectivity index (χ1) is 10.2. The van der Waals surface area contributed by atoms with E-state index in [1.54, 1.807) is 11.8 Å². The van der Waals surface area contributed by atoms with Crippen molar-refractivity contribution in [3.63, 3.8) is 0 Å². The summed E-state index contributed by atoms with van der Waals surface area (Å²) in [5.41, 5.74) is 3.01. The minimum absolute atomic E-state index is 0.0591. The maximum Gasteiger partial charge on any atom is 0.256 e. The Morgan fingerprint density at radius 2 is 2.05 bits per heavy atom. The quantitative estimate of drug-likeness (QED) is 0.675. The SMILES string of the molecule is CSc1ccc(CN2CCc3[nH]c(=S)[nH]c(=O)c3C2)cc1. The van der Waals surface area contributed by atoms with Gasteiger partial charge in [0, 0.05) is 36.6 Å². The molecule has 3 rings (SSSR count). The number of nitrogens with one attached hydrogen (secondary N) is 2. The van der Waals surface area contributed by atoms with Gasteiger partial charge in [-0.15, -0.1) is 11.8 Å². The third-order valence-corrected chi connectivity index (χ3v) is 4.70. The fourth-order valence-electron chi connectivity index (χ4n) is 2.64. The van der Waals surface area contributed by atoms with Crippen LogP contribution >= 0.6 is 24.0 Å². The molecule has 0 radical (unpaired) electrons. The van der Waals surface area contributed by atoms with Crippen molar-refractivity contribution < 1.29 is 0 Å². The molecule has 2 heterocycles. The Balaban J connectivity index is 1.76. The number of aromatic amines is 2. The maximum atomic E-state index is 12.0. The summed E-state index contributed by atoms with van der Waals surface area (Å²) < 4.78 is 0.417. The monoisotopic (exact) mass is 319 g/mol. The van der Waals surface area contributed by atoms with Gasteiger partial charge in [0.15, 0.2) is 4.77 Å². The van der Waals surface area contributed by atoms with E-state index in [0.29, 0.717) is 11.3 Å². The van der Waals surface area contributed by atoms with Crippen molar-refractivity contribution >= 4 is 24.0 Å². The van der Waals surface area contributed by atoms with E-state index in [2.05, 4.69) is 45.4 Å². The van der Waals surface area contributed by atoms with Crippen molar-refractivity contribution in [2.45, 2.75) is 24.4 Å². The van der Waals surface area contributed by atoms with Gasteiger partial charge in [-0.25, -0.2) is 0 Å². The lowest BCUT2D eigenvalue weighted by Gasteiger charge is -2.27. The molecule has 1 aromatic carbocycles. The largest absolute Gasteiger partial charge is 0.335 e. The van der Waals surface area contributed by atoms with E-state index in [9.17, 15) is 4.79 Å². The Hall–Kier alpha value is -1.37. The van der Waals surface area contributed by atoms with E-state index in [-0.39, 0.29) is 5.56 Å². The van der Waals surface area contributed by atoms with Gasteiger partial charge >= 0.3 is 0 Å². The number of H-pyrrole nitrogens is 2. The number of hydrogen-bond acceptors (Lipinski definition) is 4. The molecule has 6 heteroatoms. The molecule has 0 atom stereocenters. The third-order valence-electron chi connectivity index (χ3n) is 3.75. The average molecular weight is 319 g/mol. The fourth-order valence-corrected chi connectivity index (χ4v) is 3.26. The highest BCUT2D eigenvalue weighted by Gasteiger charge is 2.19. The second kappa shape index (κ2) is 6.17. The van der Waals surface area contributed by atoms with E-state index in [1.807, 2.05) is 0 Å². The normalized spacial score (nSPS) is 14.9. The van der Waals surface area contributed by atoms with Gasteiger partial charge in [0.1, 0.15) is 0 Å². The van der Waals surface area contributed by atoms with Crippen molar-refractivity contribution in [3.8, 4) is 0 Å². The fraction of sp³-hybridized carbons (Fsp3) is 0.333. The third kappa shape index (κ3) is 3.28. The molecular formula is C15H17N3OS2. The number of benzene rings is 1. The first kappa shape index (κ1) is 14.6. The van der Waals surface area contributed by atoms with Gasteiger partial charge in [0.25, 0.3) is 5.56 Å². The molecule has 0 fully saturated rings. The van der Waals surface area contributed by atoms with Gasteiger partial charge in [0.2, 0.25) is 0 Å². The lowest BCUT2D eigenvalue weighted by molar-refractivity contribution is 0.241. The van der Waals surface area contributed by atoms with Crippen LogP contribution in [0.2, 0.25) is 0 Å². The van der Waals surface area contributed by atoms with Gasteiger partial charge in [-0.05, 0) is 36.2 Å². The van der Waals surface area contributed by atoms with Crippen molar-refractivity contribution in [1.82, 2.24) is 14.9 Å². The van der Waals surface area contributed by atoms with E-state index in [1.165, 1.54) is 10.5 Å². The van der Waals surface area contributed by atoms with Crippen LogP contribution in [0.3, 0.4) is 0 Å². The molecule has 0 saturated carbocycles. The highest BCUT2D eigenvalue weighted by Crippen LogP contribution is 2.18. The zero-order chi connectivity index (χ0) is 14.8. The van der Waals surface area contributed by atoms with Crippen LogP contribution in [0.5, 0.6) is 0 Å². The van der Waals surface area contributed by atoms with Crippen LogP contribution < -0.4 is 5.56 Å². The Morgan fingerprint density at radius 1 is 1.29 bits per heavy atom. The molecule has 1 aromatic heterocycles. The summed E-state index contributed by atoms with van der Waals surface area (Å²) in [5, 5.41) is 0. The van der Waals surface area contributed by atoms with E-state index < -0.39 is 0 Å². The summed E-state index contributed by atoms with van der Waals surface area (Å²) in [6, 6.07) is 8.60. The molecule has 0 aliphatic carbocycles. The summed E-state index contributed by atoms with van der Waals surface area (Å²) in [7, 11) is 0. The smallest absolute Gasteiger partial charge is 0.256 e. The molecule has 1 aliphatic rings. The number of thioether (sulfide) groups is 1. The lowest BCUT2D eigenvalue weighted by atomic mass is 10.1. The van der Waals surface area contributed by atoms with Crippen molar-refractivity contribution in [1.29, 1.82) is 0 Å². The number of fused-ring (bicyclic) bond motifs is 1. The molecule has 0 bridgehead atoms. The molecule has 110 valence electrons. The van der Waals surface area contributed by atoms with Crippen molar-refractivity contribution in [3.05, 3.63) is 56.2 Å². The summed E-state index contributed by atoms with van der Waals surface area (Å²) in [6.07, 6.45) is 2.92. The van der Waals surface area contributed by atoms with E-state index in [4.69, 9.17) is 12.2 Å². The van der Waals surface area contributed by atoms with Gasteiger partial charge in [0.05, 0.1) is 5.56 Å². The summed E-state index contributed by atoms with van der Waals surface area (Å²) >= 11 is 6.76. The van der Waals surface area contributed by atoms with Crippen LogP contribution in [0.25, 0.3) is 0 Å². The molecule has 4 nitrogen and oxygen atoms in total. The topological polar surface area (TPSA) is 51.9 Å². The zero-order valence-corrected chi connectivity index (χ0v) is 13.4. The molecule has 0 unspecified atom stereocenters. The maximum absolute atomic E-state index is 12.0. The molecule has 2 N–H and O–H groups in total. The van der Waals surface area contributed by atoms with Crippen molar-refractivity contribution in [2.75, 3.05) is 12.8 Å². The standard InChI is InChI=1S/C15H17N3OS2/c1-21-11-4-2-10(3-5-11)8-18-7-6-13-12(9-18)14(19)17-15(20)16-13/h2-5H,6-9H2,1H3,(H2,16,17,19,20). The molecule has 0 amide bonds. The molecule has 21 heavy (non-hydrogen) atoms. The summed E-state index contributed by atoms with van der Waals surface area (Å²) in [4.78, 5) is 21.3. The summed E-state index contributed by atoms with van der Waals surface area (Å²) in [6.45, 7) is 2.47. The summed E-state index contributed by atoms with van der Waals surface area (Å²) in [5.74, 6) is 0. The van der Waals surface area contributed by atoms with Crippen LogP contribution in [0.1, 0.15) is 16.8 Å². The first-order valence-electron chi connectivity index (χ1n) is 6.85. The van der Waals surface area contributed by atoms with Crippen LogP contribution in [0.4, 0.5) is 0 Å². The van der Waals surface area contributed by atoms with Crippen LogP contribution in [-0.4, -0.2) is 27.7 Å². The van der Waals surface area contributed by atoms with Gasteiger partial charge in [-0.1, -0.05) is 12.1 Å². The highest BCUT2D eigenvalue weighted by molar-refractivity contribution is 7.98. The minimum atomic E-state index is -0.0591. The van der Waals surface area contributed by atoms with Gasteiger partial charge in [-0.2, -0.15) is 0 Å². The van der Waals surface area contributed by atoms with E-state index >= 15 is 0 Å². The molecule has 0 saturated heterocycles. The van der Waals surface area contributed by atoms with Crippen molar-refractivity contribution in [2.24, 2.45) is 0 Å². The zero-order valence-electron chi connectivity index (χ0n) is 11.8. The average Bonchev–Trinajstić information content (AvgIpc) is 2.48. The Bertz CT molecular complexity index is 749. The molecule has 1 aliphatic heterocycles. The lowest BCUT2D eigenvalue weighted by Crippen LogP contribution is -2.35. The van der Waals surface area contributed by atoms with Crippen LogP contribution in [0, 0.1) is 4.77 Å². The number of rotatable bonds is 3. The Labute approximate surface area is 132 Å². The van der Waals surface area contributed by atoms with Crippen LogP contribution in [0.15, 0.2) is 34.0 Å². The van der Waals surface area contributed by atoms with Gasteiger partial charge < -0.3 is 4.98 Å². The highest BCUT2D eigenvalue weighted by atomic mass is 32.2. The Morgan fingerprint density at radius 3 is 2.76 bits per heavy atom. The number of aromatic nitrogens is 2. The molecule has 0 spiro atoms. The van der Waals surface area contributed by atoms with Crippen LogP contribution in [-0.2, 0) is 19.5 Å². The van der Waals surface area contributed by atoms with Gasteiger partial charge in [-0.3, -0.25) is 14.7 Å². The second-order valence-corrected chi connectivity index (χ2v) is 6.46. The predicted molar refractivity (Wildman–Crippen MR) is 88.3 cm³/mol. The minimum Gasteiger partial charge on any atom is -0.335 e.